The second kappa shape index (κ2) is 3.26. The van der Waals surface area contributed by atoms with Gasteiger partial charge < -0.3 is 0 Å². The van der Waals surface area contributed by atoms with E-state index in [-0.39, 0.29) is 6.04 Å². The smallest absolute Gasteiger partial charge is 0.250 e. The normalized spacial score (nSPS) is 16.8. The van der Waals surface area contributed by atoms with Gasteiger partial charge in [-0.25, -0.2) is 5.01 Å². The maximum absolute atomic E-state index is 12.3. The van der Waals surface area contributed by atoms with Gasteiger partial charge in [-0.15, -0.1) is 5.10 Å². The summed E-state index contributed by atoms with van der Waals surface area (Å²) in [6.45, 7) is 3.27. The fraction of sp³-hybridized carbons (Fsp3) is 0.500. The molecule has 0 N–H and O–H groups in total. The minimum atomic E-state index is -4.35. The van der Waals surface area contributed by atoms with E-state index < -0.39 is 11.9 Å². The SMILES string of the molecule is CC(C)N1N=C=CC=C1C(F)(F)F. The molecule has 0 aromatic heterocycles. The van der Waals surface area contributed by atoms with Crippen molar-refractivity contribution in [3.8, 4) is 0 Å². The zero-order valence-corrected chi connectivity index (χ0v) is 7.26. The first-order valence-corrected chi connectivity index (χ1v) is 3.79. The molecule has 1 aliphatic heterocycles. The molecule has 2 nitrogen and oxygen atoms in total. The van der Waals surface area contributed by atoms with Crippen molar-refractivity contribution >= 4 is 5.87 Å². The molecule has 1 aliphatic rings. The van der Waals surface area contributed by atoms with Gasteiger partial charge in [-0.05, 0) is 19.9 Å². The van der Waals surface area contributed by atoms with Crippen LogP contribution in [-0.4, -0.2) is 23.1 Å². The van der Waals surface area contributed by atoms with Crippen LogP contribution in [0.25, 0.3) is 0 Å². The zero-order chi connectivity index (χ0) is 10.1. The molecule has 0 aromatic rings. The van der Waals surface area contributed by atoms with Crippen LogP contribution >= 0.6 is 0 Å². The second-order valence-electron chi connectivity index (χ2n) is 2.88. The molecule has 1 heterocycles. The molecule has 0 spiro atoms. The lowest BCUT2D eigenvalue weighted by Gasteiger charge is -2.27. The monoisotopic (exact) mass is 190 g/mol. The summed E-state index contributed by atoms with van der Waals surface area (Å²) in [6.07, 6.45) is -2.24. The molecule has 0 amide bonds. The number of allylic oxidation sites excluding steroid dienone is 3. The summed E-state index contributed by atoms with van der Waals surface area (Å²) in [5, 5.41) is 4.42. The van der Waals surface area contributed by atoms with Crippen LogP contribution in [0.4, 0.5) is 13.2 Å². The molecule has 5 heteroatoms. The lowest BCUT2D eigenvalue weighted by atomic mass is 10.3. The Morgan fingerprint density at radius 2 is 2.08 bits per heavy atom. The highest BCUT2D eigenvalue weighted by Crippen LogP contribution is 2.30. The van der Waals surface area contributed by atoms with Gasteiger partial charge in [-0.1, -0.05) is 0 Å². The summed E-state index contributed by atoms with van der Waals surface area (Å²) in [5.41, 5.74) is -0.749. The van der Waals surface area contributed by atoms with E-state index in [0.29, 0.717) is 0 Å². The van der Waals surface area contributed by atoms with Gasteiger partial charge in [0.1, 0.15) is 5.70 Å². The molecule has 1 rings (SSSR count). The predicted molar refractivity (Wildman–Crippen MR) is 43.1 cm³/mol. The lowest BCUT2D eigenvalue weighted by Crippen LogP contribution is -2.33. The van der Waals surface area contributed by atoms with E-state index in [0.717, 1.165) is 17.2 Å². The summed E-state index contributed by atoms with van der Waals surface area (Å²) in [6, 6.07) is -0.325. The van der Waals surface area contributed by atoms with Gasteiger partial charge in [-0.3, -0.25) is 0 Å². The van der Waals surface area contributed by atoms with Crippen molar-refractivity contribution in [1.82, 2.24) is 5.01 Å². The van der Waals surface area contributed by atoms with E-state index in [1.54, 1.807) is 13.8 Å². The van der Waals surface area contributed by atoms with Crippen LogP contribution in [0, 0.1) is 0 Å². The Hall–Kier alpha value is -1.22. The van der Waals surface area contributed by atoms with Crippen LogP contribution in [0.3, 0.4) is 0 Å². The zero-order valence-electron chi connectivity index (χ0n) is 7.26. The van der Waals surface area contributed by atoms with Crippen LogP contribution < -0.4 is 0 Å². The van der Waals surface area contributed by atoms with Crippen LogP contribution in [0.15, 0.2) is 23.0 Å². The first kappa shape index (κ1) is 9.86. The average Bonchev–Trinajstić information content (AvgIpc) is 2.03. The van der Waals surface area contributed by atoms with E-state index in [1.165, 1.54) is 0 Å². The molecule has 72 valence electrons. The number of halogens is 3. The van der Waals surface area contributed by atoms with Crippen molar-refractivity contribution in [2.45, 2.75) is 26.1 Å². The van der Waals surface area contributed by atoms with Crippen LogP contribution in [-0.2, 0) is 0 Å². The topological polar surface area (TPSA) is 15.6 Å². The number of rotatable bonds is 1. The third-order valence-electron chi connectivity index (χ3n) is 1.51. The van der Waals surface area contributed by atoms with Crippen molar-refractivity contribution in [3.63, 3.8) is 0 Å². The quantitative estimate of drug-likeness (QED) is 0.619. The first-order chi connectivity index (χ1) is 5.93. The Labute approximate surface area is 74.0 Å². The fourth-order valence-electron chi connectivity index (χ4n) is 0.960. The van der Waals surface area contributed by atoms with Crippen LogP contribution in [0.1, 0.15) is 13.8 Å². The number of hydrogen-bond acceptors (Lipinski definition) is 2. The molecule has 0 aliphatic carbocycles. The molecular weight excluding hydrogens is 181 g/mol. The summed E-state index contributed by atoms with van der Waals surface area (Å²) < 4.78 is 37.0. The van der Waals surface area contributed by atoms with Gasteiger partial charge >= 0.3 is 6.18 Å². The highest BCUT2D eigenvalue weighted by Gasteiger charge is 2.39. The van der Waals surface area contributed by atoms with Crippen molar-refractivity contribution in [1.29, 1.82) is 0 Å². The minimum Gasteiger partial charge on any atom is -0.250 e. The Morgan fingerprint density at radius 3 is 2.46 bits per heavy atom. The highest BCUT2D eigenvalue weighted by atomic mass is 19.4. The minimum absolute atomic E-state index is 0.325. The van der Waals surface area contributed by atoms with Gasteiger partial charge in [-0.2, -0.15) is 13.2 Å². The Morgan fingerprint density at radius 1 is 1.46 bits per heavy atom. The van der Waals surface area contributed by atoms with Gasteiger partial charge in [0.25, 0.3) is 0 Å². The summed E-state index contributed by atoms with van der Waals surface area (Å²) >= 11 is 0. The van der Waals surface area contributed by atoms with E-state index in [2.05, 4.69) is 11.0 Å². The molecule has 0 saturated carbocycles. The largest absolute Gasteiger partial charge is 0.433 e. The first-order valence-electron chi connectivity index (χ1n) is 3.79. The Bertz CT molecular complexity index is 282. The van der Waals surface area contributed by atoms with Gasteiger partial charge in [0.2, 0.25) is 0 Å². The molecule has 0 fully saturated rings. The number of hydrazone groups is 1. The molecule has 0 radical (unpaired) electrons. The molecule has 0 aromatic carbocycles. The predicted octanol–water partition coefficient (Wildman–Crippen LogP) is 2.30. The van der Waals surface area contributed by atoms with Gasteiger partial charge in [0.15, 0.2) is 0 Å². The van der Waals surface area contributed by atoms with Gasteiger partial charge in [0, 0.05) is 18.0 Å². The Kier molecular flexibility index (Phi) is 2.48. The van der Waals surface area contributed by atoms with Crippen molar-refractivity contribution in [2.24, 2.45) is 5.10 Å². The molecule has 0 unspecified atom stereocenters. The van der Waals surface area contributed by atoms with E-state index >= 15 is 0 Å². The second-order valence-corrected chi connectivity index (χ2v) is 2.88. The average molecular weight is 190 g/mol. The molecule has 0 bridgehead atoms. The molecule has 0 atom stereocenters. The summed E-state index contributed by atoms with van der Waals surface area (Å²) in [7, 11) is 0. The maximum atomic E-state index is 12.3. The van der Waals surface area contributed by atoms with Crippen LogP contribution in [0.5, 0.6) is 0 Å². The Balaban J connectivity index is 2.98. The maximum Gasteiger partial charge on any atom is 0.433 e. The number of nitrogens with zero attached hydrogens (tertiary/aromatic N) is 2. The van der Waals surface area contributed by atoms with Crippen LogP contribution in [0.2, 0.25) is 0 Å². The standard InChI is InChI=1S/C8H9F3N2/c1-6(2)13-7(8(9,10)11)4-3-5-12-13/h3-4,6H,1-2H3. The molecular formula is C8H9F3N2. The van der Waals surface area contributed by atoms with Crippen molar-refractivity contribution < 1.29 is 13.2 Å². The molecule has 13 heavy (non-hydrogen) atoms. The van der Waals surface area contributed by atoms with Gasteiger partial charge in [0.05, 0.1) is 0 Å². The third-order valence-corrected chi connectivity index (χ3v) is 1.51. The third kappa shape index (κ3) is 2.12. The number of hydrogen-bond donors (Lipinski definition) is 0. The fourth-order valence-corrected chi connectivity index (χ4v) is 0.960. The van der Waals surface area contributed by atoms with Crippen molar-refractivity contribution in [2.75, 3.05) is 0 Å². The van der Waals surface area contributed by atoms with E-state index in [1.807, 2.05) is 0 Å². The summed E-state index contributed by atoms with van der Waals surface area (Å²) in [4.78, 5) is 0. The van der Waals surface area contributed by atoms with Crippen molar-refractivity contribution in [3.05, 3.63) is 17.8 Å². The number of alkyl halides is 3. The highest BCUT2D eigenvalue weighted by molar-refractivity contribution is 5.57. The van der Waals surface area contributed by atoms with E-state index in [4.69, 9.17) is 0 Å². The lowest BCUT2D eigenvalue weighted by molar-refractivity contribution is -0.114. The summed E-state index contributed by atoms with van der Waals surface area (Å²) in [5.74, 6) is 2.37. The molecule has 0 saturated heterocycles. The van der Waals surface area contributed by atoms with E-state index in [9.17, 15) is 13.2 Å².